The van der Waals surface area contributed by atoms with E-state index in [4.69, 9.17) is 32.7 Å². The number of benzene rings is 2. The van der Waals surface area contributed by atoms with Crippen molar-refractivity contribution >= 4 is 57.8 Å². The Morgan fingerprint density at radius 3 is 2.62 bits per heavy atom. The van der Waals surface area contributed by atoms with Gasteiger partial charge in [-0.3, -0.25) is 9.59 Å². The predicted octanol–water partition coefficient (Wildman–Crippen LogP) is 5.94. The molecular formula is C29H31Cl2N3O5S. The molecule has 0 saturated heterocycles. The number of ether oxygens (including phenoxy) is 2. The zero-order valence-electron chi connectivity index (χ0n) is 22.1. The van der Waals surface area contributed by atoms with Crippen LogP contribution in [0.4, 0.5) is 11.4 Å². The fraction of sp³-hybridized carbons (Fsp3) is 0.379. The molecule has 0 bridgehead atoms. The van der Waals surface area contributed by atoms with Crippen LogP contribution >= 0.6 is 34.5 Å². The van der Waals surface area contributed by atoms with Gasteiger partial charge in [0.25, 0.3) is 0 Å². The highest BCUT2D eigenvalue weighted by atomic mass is 35.5. The molecule has 5 rings (SSSR count). The van der Waals surface area contributed by atoms with Crippen LogP contribution in [0.1, 0.15) is 42.9 Å². The zero-order valence-corrected chi connectivity index (χ0v) is 24.4. The van der Waals surface area contributed by atoms with E-state index in [1.165, 1.54) is 24.2 Å². The number of nitrogens with zero attached hydrogens (tertiary/aromatic N) is 2. The van der Waals surface area contributed by atoms with Gasteiger partial charge < -0.3 is 29.7 Å². The maximum absolute atomic E-state index is 12.1. The van der Waals surface area contributed by atoms with E-state index in [1.54, 1.807) is 19.1 Å². The second-order valence-corrected chi connectivity index (χ2v) is 11.4. The van der Waals surface area contributed by atoms with E-state index in [9.17, 15) is 14.7 Å². The summed E-state index contributed by atoms with van der Waals surface area (Å²) in [5.41, 5.74) is 2.83. The Bertz CT molecular complexity index is 1380. The molecule has 3 aromatic rings. The summed E-state index contributed by atoms with van der Waals surface area (Å²) in [6, 6.07) is 13.9. The van der Waals surface area contributed by atoms with Crippen LogP contribution in [0, 0.1) is 0 Å². The number of halogens is 2. The van der Waals surface area contributed by atoms with Gasteiger partial charge in [0.15, 0.2) is 6.23 Å². The maximum Gasteiger partial charge on any atom is 0.325 e. The summed E-state index contributed by atoms with van der Waals surface area (Å²) in [6.07, 6.45) is 2.00. The van der Waals surface area contributed by atoms with Gasteiger partial charge in [0, 0.05) is 36.6 Å². The molecule has 0 radical (unpaired) electrons. The first kappa shape index (κ1) is 28.5. The molecule has 1 saturated carbocycles. The van der Waals surface area contributed by atoms with Crippen molar-refractivity contribution in [1.29, 1.82) is 0 Å². The van der Waals surface area contributed by atoms with Crippen LogP contribution < -0.4 is 19.9 Å². The lowest BCUT2D eigenvalue weighted by atomic mass is 10.1. The van der Waals surface area contributed by atoms with Gasteiger partial charge in [-0.15, -0.1) is 11.3 Å². The molecule has 2 aliphatic rings. The number of anilines is 2. The van der Waals surface area contributed by atoms with Crippen molar-refractivity contribution in [2.45, 2.75) is 44.9 Å². The summed E-state index contributed by atoms with van der Waals surface area (Å²) < 4.78 is 11.0. The summed E-state index contributed by atoms with van der Waals surface area (Å²) in [5, 5.41) is 16.6. The number of esters is 1. The number of aliphatic hydroxyl groups is 1. The first-order valence-corrected chi connectivity index (χ1v) is 14.9. The highest BCUT2D eigenvalue weighted by Crippen LogP contribution is 2.45. The fourth-order valence-corrected chi connectivity index (χ4v) is 6.11. The van der Waals surface area contributed by atoms with Crippen molar-refractivity contribution in [3.8, 4) is 11.5 Å². The summed E-state index contributed by atoms with van der Waals surface area (Å²) >= 11 is 14.5. The van der Waals surface area contributed by atoms with Gasteiger partial charge in [-0.1, -0.05) is 35.3 Å². The Morgan fingerprint density at radius 1 is 1.10 bits per heavy atom. The topological polar surface area (TPSA) is 91.3 Å². The van der Waals surface area contributed by atoms with E-state index in [2.05, 4.69) is 16.3 Å². The largest absolute Gasteiger partial charge is 0.465 e. The second kappa shape index (κ2) is 12.7. The third kappa shape index (κ3) is 6.49. The Balaban J connectivity index is 1.26. The van der Waals surface area contributed by atoms with Crippen molar-refractivity contribution < 1.29 is 24.2 Å². The van der Waals surface area contributed by atoms with Crippen LogP contribution in [0.3, 0.4) is 0 Å². The molecule has 1 fully saturated rings. The molecule has 1 aliphatic carbocycles. The van der Waals surface area contributed by atoms with Crippen molar-refractivity contribution in [2.24, 2.45) is 0 Å². The van der Waals surface area contributed by atoms with Crippen LogP contribution in [0.5, 0.6) is 11.5 Å². The minimum Gasteiger partial charge on any atom is -0.465 e. The van der Waals surface area contributed by atoms with E-state index < -0.39 is 12.2 Å². The number of para-hydroxylation sites is 2. The lowest BCUT2D eigenvalue weighted by molar-refractivity contribution is -0.143. The highest BCUT2D eigenvalue weighted by Gasteiger charge is 2.36. The quantitative estimate of drug-likeness (QED) is 0.262. The number of aliphatic hydroxyl groups excluding tert-OH is 1. The number of hydrogen-bond donors (Lipinski definition) is 2. The summed E-state index contributed by atoms with van der Waals surface area (Å²) in [6.45, 7) is 3.33. The third-order valence-corrected chi connectivity index (χ3v) is 8.52. The summed E-state index contributed by atoms with van der Waals surface area (Å²) in [5.74, 6) is 0.0785. The lowest BCUT2D eigenvalue weighted by Crippen LogP contribution is -2.43. The smallest absolute Gasteiger partial charge is 0.325 e. The van der Waals surface area contributed by atoms with E-state index in [1.807, 2.05) is 34.5 Å². The molecule has 2 N–H and O–H groups in total. The lowest BCUT2D eigenvalue weighted by Gasteiger charge is -2.41. The average Bonchev–Trinajstić information content (AvgIpc) is 3.69. The van der Waals surface area contributed by atoms with Crippen LogP contribution in [0.15, 0.2) is 47.8 Å². The molecule has 1 aliphatic heterocycles. The number of nitrogens with one attached hydrogen (secondary N) is 1. The van der Waals surface area contributed by atoms with Crippen LogP contribution in [0.2, 0.25) is 10.0 Å². The Hall–Kier alpha value is -2.98. The Labute approximate surface area is 247 Å². The second-order valence-electron chi connectivity index (χ2n) is 9.69. The zero-order chi connectivity index (χ0) is 28.2. The fourth-order valence-electron chi connectivity index (χ4n) is 4.83. The highest BCUT2D eigenvalue weighted by molar-refractivity contribution is 7.10. The Kier molecular flexibility index (Phi) is 9.05. The van der Waals surface area contributed by atoms with Crippen LogP contribution in [-0.2, 0) is 20.7 Å². The maximum atomic E-state index is 12.1. The molecule has 1 aromatic heterocycles. The molecule has 1 atom stereocenters. The number of aryl methyl sites for hydroxylation is 1. The molecule has 2 aromatic carbocycles. The molecule has 0 spiro atoms. The van der Waals surface area contributed by atoms with Gasteiger partial charge in [-0.2, -0.15) is 0 Å². The van der Waals surface area contributed by atoms with Gasteiger partial charge >= 0.3 is 5.97 Å². The first-order chi connectivity index (χ1) is 19.4. The average molecular weight is 605 g/mol. The van der Waals surface area contributed by atoms with E-state index in [0.717, 1.165) is 17.9 Å². The standard InChI is InChI=1S/C29H31Cl2N3O5S/c1-2-38-27(36)17-32-26(35)10-7-18-15-21(31)25(16-20(18)30)39-24-11-14-40-28(24)29(37)34-13-12-33(19-8-9-19)22-5-3-4-6-23(22)34/h3-6,11,14-16,19,29,37H,2,7-10,12-13,17H2,1H3,(H,32,35). The Morgan fingerprint density at radius 2 is 1.88 bits per heavy atom. The number of carbonyl (C=O) groups excluding carboxylic acids is 2. The number of rotatable bonds is 11. The van der Waals surface area contributed by atoms with E-state index in [-0.39, 0.29) is 25.5 Å². The minimum absolute atomic E-state index is 0.131. The predicted molar refractivity (Wildman–Crippen MR) is 158 cm³/mol. The number of fused-ring (bicyclic) bond motifs is 1. The van der Waals surface area contributed by atoms with Crippen molar-refractivity contribution in [2.75, 3.05) is 36.0 Å². The van der Waals surface area contributed by atoms with Crippen LogP contribution in [-0.4, -0.2) is 49.3 Å². The first-order valence-electron chi connectivity index (χ1n) is 13.3. The van der Waals surface area contributed by atoms with Crippen molar-refractivity contribution in [3.63, 3.8) is 0 Å². The monoisotopic (exact) mass is 603 g/mol. The van der Waals surface area contributed by atoms with Gasteiger partial charge in [0.1, 0.15) is 18.0 Å². The van der Waals surface area contributed by atoms with Crippen molar-refractivity contribution in [1.82, 2.24) is 5.32 Å². The molecule has 212 valence electrons. The van der Waals surface area contributed by atoms with Crippen LogP contribution in [0.25, 0.3) is 0 Å². The van der Waals surface area contributed by atoms with Gasteiger partial charge in [-0.05, 0) is 61.4 Å². The van der Waals surface area contributed by atoms with E-state index >= 15 is 0 Å². The third-order valence-electron chi connectivity index (χ3n) is 6.93. The molecule has 40 heavy (non-hydrogen) atoms. The van der Waals surface area contributed by atoms with E-state index in [0.29, 0.717) is 51.0 Å². The number of carbonyl (C=O) groups is 2. The number of thiophene rings is 1. The molecule has 1 unspecified atom stereocenters. The molecular weight excluding hydrogens is 573 g/mol. The molecule has 1 amide bonds. The normalized spacial score (nSPS) is 15.4. The number of amides is 1. The SMILES string of the molecule is CCOC(=O)CNC(=O)CCc1cc(Cl)c(Oc2ccsc2C(O)N2CCN(C3CC3)c3ccccc32)cc1Cl. The minimum atomic E-state index is -0.890. The van der Waals surface area contributed by atoms with Gasteiger partial charge in [-0.25, -0.2) is 0 Å². The number of hydrogen-bond acceptors (Lipinski definition) is 8. The van der Waals surface area contributed by atoms with Gasteiger partial charge in [0.2, 0.25) is 5.91 Å². The van der Waals surface area contributed by atoms with Gasteiger partial charge in [0.05, 0.1) is 27.9 Å². The summed E-state index contributed by atoms with van der Waals surface area (Å²) in [4.78, 5) is 28.7. The molecule has 11 heteroatoms. The molecule has 8 nitrogen and oxygen atoms in total. The summed E-state index contributed by atoms with van der Waals surface area (Å²) in [7, 11) is 0. The molecule has 2 heterocycles. The van der Waals surface area contributed by atoms with Crippen molar-refractivity contribution in [3.05, 3.63) is 68.3 Å².